The quantitative estimate of drug-likeness (QED) is 0.767. The summed E-state index contributed by atoms with van der Waals surface area (Å²) >= 11 is 9.69. The molecule has 21 heavy (non-hydrogen) atoms. The van der Waals surface area contributed by atoms with E-state index in [9.17, 15) is 0 Å². The van der Waals surface area contributed by atoms with Gasteiger partial charge in [-0.15, -0.1) is 0 Å². The fraction of sp³-hybridized carbons (Fsp3) is 0.0714. The molecule has 0 saturated heterocycles. The zero-order valence-electron chi connectivity index (χ0n) is 10.9. The molecule has 0 spiro atoms. The van der Waals surface area contributed by atoms with E-state index in [1.54, 1.807) is 17.2 Å². The molecule has 2 heterocycles. The van der Waals surface area contributed by atoms with Gasteiger partial charge in [0.2, 0.25) is 0 Å². The second kappa shape index (κ2) is 6.24. The highest BCUT2D eigenvalue weighted by Gasteiger charge is 2.09. The number of para-hydroxylation sites is 1. The fourth-order valence-electron chi connectivity index (χ4n) is 1.96. The van der Waals surface area contributed by atoms with Crippen LogP contribution in [0.15, 0.2) is 53.8 Å². The number of rotatable bonds is 4. The molecule has 0 saturated carbocycles. The highest BCUT2D eigenvalue weighted by molar-refractivity contribution is 9.10. The van der Waals surface area contributed by atoms with Gasteiger partial charge in [0.15, 0.2) is 0 Å². The molecule has 3 rings (SSSR count). The van der Waals surface area contributed by atoms with Gasteiger partial charge in [-0.05, 0) is 39.7 Å². The third-order valence-corrected chi connectivity index (χ3v) is 3.62. The summed E-state index contributed by atoms with van der Waals surface area (Å²) < 4.78 is 2.59. The summed E-state index contributed by atoms with van der Waals surface area (Å²) in [5, 5.41) is 8.10. The smallest absolute Gasteiger partial charge is 0.138 e. The Morgan fingerprint density at radius 2 is 2.14 bits per heavy atom. The molecule has 5 nitrogen and oxygen atoms in total. The van der Waals surface area contributed by atoms with Crippen molar-refractivity contribution in [2.45, 2.75) is 6.54 Å². The SMILES string of the molecule is Clc1cccc(NCc2cncc(Br)c2)c1-n1cncn1. The zero-order chi connectivity index (χ0) is 14.7. The molecule has 0 fully saturated rings. The van der Waals surface area contributed by atoms with E-state index < -0.39 is 0 Å². The van der Waals surface area contributed by atoms with Gasteiger partial charge < -0.3 is 5.32 Å². The molecular formula is C14H11BrClN5. The molecular weight excluding hydrogens is 354 g/mol. The fourth-order valence-corrected chi connectivity index (χ4v) is 2.64. The molecule has 0 amide bonds. The summed E-state index contributed by atoms with van der Waals surface area (Å²) in [7, 11) is 0. The van der Waals surface area contributed by atoms with Crippen LogP contribution < -0.4 is 5.32 Å². The molecule has 3 aromatic rings. The first kappa shape index (κ1) is 14.0. The molecule has 0 bridgehead atoms. The molecule has 0 radical (unpaired) electrons. The van der Waals surface area contributed by atoms with E-state index in [2.05, 4.69) is 36.3 Å². The van der Waals surface area contributed by atoms with E-state index >= 15 is 0 Å². The third-order valence-electron chi connectivity index (χ3n) is 2.88. The lowest BCUT2D eigenvalue weighted by molar-refractivity contribution is 0.878. The monoisotopic (exact) mass is 363 g/mol. The van der Waals surface area contributed by atoms with Crippen molar-refractivity contribution in [1.29, 1.82) is 0 Å². The molecule has 0 aliphatic carbocycles. The van der Waals surface area contributed by atoms with E-state index in [-0.39, 0.29) is 0 Å². The van der Waals surface area contributed by atoms with Crippen LogP contribution in [0.4, 0.5) is 5.69 Å². The molecule has 0 aliphatic heterocycles. The van der Waals surface area contributed by atoms with Crippen LogP contribution in [0.5, 0.6) is 0 Å². The van der Waals surface area contributed by atoms with Crippen LogP contribution in [0.2, 0.25) is 5.02 Å². The Balaban J connectivity index is 1.88. The van der Waals surface area contributed by atoms with Crippen molar-refractivity contribution in [3.05, 3.63) is 64.4 Å². The maximum Gasteiger partial charge on any atom is 0.138 e. The van der Waals surface area contributed by atoms with E-state index in [1.807, 2.05) is 30.5 Å². The number of benzene rings is 1. The highest BCUT2D eigenvalue weighted by atomic mass is 79.9. The Morgan fingerprint density at radius 3 is 2.90 bits per heavy atom. The summed E-state index contributed by atoms with van der Waals surface area (Å²) in [6.07, 6.45) is 6.67. The Morgan fingerprint density at radius 1 is 1.24 bits per heavy atom. The lowest BCUT2D eigenvalue weighted by atomic mass is 10.2. The van der Waals surface area contributed by atoms with Gasteiger partial charge in [0.05, 0.1) is 10.7 Å². The predicted octanol–water partition coefficient (Wildman–Crippen LogP) is 3.69. The molecule has 1 aromatic carbocycles. The van der Waals surface area contributed by atoms with Crippen molar-refractivity contribution in [2.75, 3.05) is 5.32 Å². The number of aromatic nitrogens is 4. The van der Waals surface area contributed by atoms with Crippen molar-refractivity contribution in [2.24, 2.45) is 0 Å². The third kappa shape index (κ3) is 3.22. The summed E-state index contributed by atoms with van der Waals surface area (Å²) in [5.74, 6) is 0. The van der Waals surface area contributed by atoms with Crippen molar-refractivity contribution in [1.82, 2.24) is 19.7 Å². The molecule has 7 heteroatoms. The topological polar surface area (TPSA) is 55.6 Å². The number of nitrogens with zero attached hydrogens (tertiary/aromatic N) is 4. The first-order valence-corrected chi connectivity index (χ1v) is 7.38. The van der Waals surface area contributed by atoms with Gasteiger partial charge >= 0.3 is 0 Å². The van der Waals surface area contributed by atoms with Gasteiger partial charge in [0.1, 0.15) is 18.3 Å². The van der Waals surface area contributed by atoms with Crippen LogP contribution in [-0.4, -0.2) is 19.7 Å². The molecule has 0 atom stereocenters. The van der Waals surface area contributed by atoms with Crippen LogP contribution in [0.3, 0.4) is 0 Å². The maximum atomic E-state index is 6.28. The maximum absolute atomic E-state index is 6.28. The van der Waals surface area contributed by atoms with Crippen LogP contribution in [0.1, 0.15) is 5.56 Å². The minimum Gasteiger partial charge on any atom is -0.379 e. The van der Waals surface area contributed by atoms with Crippen LogP contribution in [0, 0.1) is 0 Å². The number of nitrogens with one attached hydrogen (secondary N) is 1. The second-order valence-electron chi connectivity index (χ2n) is 4.34. The lowest BCUT2D eigenvalue weighted by Gasteiger charge is -2.13. The van der Waals surface area contributed by atoms with Gasteiger partial charge in [-0.2, -0.15) is 5.10 Å². The molecule has 1 N–H and O–H groups in total. The average molecular weight is 365 g/mol. The van der Waals surface area contributed by atoms with Gasteiger partial charge in [-0.25, -0.2) is 9.67 Å². The average Bonchev–Trinajstić information content (AvgIpc) is 2.99. The number of pyridine rings is 1. The zero-order valence-corrected chi connectivity index (χ0v) is 13.2. The Kier molecular flexibility index (Phi) is 4.17. The summed E-state index contributed by atoms with van der Waals surface area (Å²) in [6.45, 7) is 0.633. The molecule has 106 valence electrons. The van der Waals surface area contributed by atoms with E-state index in [0.29, 0.717) is 11.6 Å². The number of anilines is 1. The van der Waals surface area contributed by atoms with Crippen LogP contribution >= 0.6 is 27.5 Å². The summed E-state index contributed by atoms with van der Waals surface area (Å²) in [4.78, 5) is 8.11. The van der Waals surface area contributed by atoms with Gasteiger partial charge in [-0.1, -0.05) is 17.7 Å². The van der Waals surface area contributed by atoms with Crippen LogP contribution in [0.25, 0.3) is 5.69 Å². The Labute approximate surface area is 135 Å². The normalized spacial score (nSPS) is 10.6. The minimum absolute atomic E-state index is 0.609. The Hall–Kier alpha value is -1.92. The first-order valence-electron chi connectivity index (χ1n) is 6.21. The van der Waals surface area contributed by atoms with E-state index in [4.69, 9.17) is 11.6 Å². The molecule has 0 aliphatic rings. The van der Waals surface area contributed by atoms with Gasteiger partial charge in [0.25, 0.3) is 0 Å². The predicted molar refractivity (Wildman–Crippen MR) is 85.6 cm³/mol. The molecule has 0 unspecified atom stereocenters. The van der Waals surface area contributed by atoms with Crippen molar-refractivity contribution >= 4 is 33.2 Å². The molecule has 2 aromatic heterocycles. The summed E-state index contributed by atoms with van der Waals surface area (Å²) in [6, 6.07) is 7.68. The van der Waals surface area contributed by atoms with Crippen molar-refractivity contribution < 1.29 is 0 Å². The standard InChI is InChI=1S/C14H11BrClN5/c15-11-4-10(5-17-7-11)6-19-13-3-1-2-12(16)14(13)21-9-18-8-20-21/h1-5,7-9,19H,6H2. The van der Waals surface area contributed by atoms with Crippen molar-refractivity contribution in [3.63, 3.8) is 0 Å². The van der Waals surface area contributed by atoms with E-state index in [1.165, 1.54) is 6.33 Å². The summed E-state index contributed by atoms with van der Waals surface area (Å²) in [5.41, 5.74) is 2.72. The van der Waals surface area contributed by atoms with E-state index in [0.717, 1.165) is 21.4 Å². The highest BCUT2D eigenvalue weighted by Crippen LogP contribution is 2.28. The van der Waals surface area contributed by atoms with Gasteiger partial charge in [-0.3, -0.25) is 4.98 Å². The second-order valence-corrected chi connectivity index (χ2v) is 5.66. The number of halogens is 2. The Bertz CT molecular complexity index is 745. The largest absolute Gasteiger partial charge is 0.379 e. The lowest BCUT2D eigenvalue weighted by Crippen LogP contribution is -2.05. The first-order chi connectivity index (χ1) is 10.2. The van der Waals surface area contributed by atoms with Gasteiger partial charge in [0, 0.05) is 23.4 Å². The number of hydrogen-bond acceptors (Lipinski definition) is 4. The van der Waals surface area contributed by atoms with Crippen molar-refractivity contribution in [3.8, 4) is 5.69 Å². The van der Waals surface area contributed by atoms with Crippen LogP contribution in [-0.2, 0) is 6.54 Å². The number of hydrogen-bond donors (Lipinski definition) is 1. The minimum atomic E-state index is 0.609.